The zero-order valence-electron chi connectivity index (χ0n) is 28.3. The molecule has 0 heterocycles. The minimum atomic E-state index is -0.109. The summed E-state index contributed by atoms with van der Waals surface area (Å²) in [5.41, 5.74) is 15.9. The Morgan fingerprint density at radius 1 is 0.380 bits per heavy atom. The molecule has 1 aliphatic rings. The van der Waals surface area contributed by atoms with Gasteiger partial charge in [-0.05, 0) is 97.2 Å². The van der Waals surface area contributed by atoms with E-state index in [1.54, 1.807) is 0 Å². The third-order valence-electron chi connectivity index (χ3n) is 10.5. The van der Waals surface area contributed by atoms with Crippen molar-refractivity contribution in [2.45, 2.75) is 19.3 Å². The van der Waals surface area contributed by atoms with Crippen molar-refractivity contribution in [3.8, 4) is 44.5 Å². The van der Waals surface area contributed by atoms with Gasteiger partial charge in [0.2, 0.25) is 0 Å². The minimum absolute atomic E-state index is 0.109. The Kier molecular flexibility index (Phi) is 7.21. The molecule has 0 unspecified atom stereocenters. The molecule has 1 nitrogen and oxygen atoms in total. The smallest absolute Gasteiger partial charge is 0.0546 e. The fourth-order valence-electron chi connectivity index (χ4n) is 8.04. The van der Waals surface area contributed by atoms with Gasteiger partial charge in [0.15, 0.2) is 0 Å². The van der Waals surface area contributed by atoms with Crippen molar-refractivity contribution in [1.29, 1.82) is 0 Å². The molecule has 238 valence electrons. The van der Waals surface area contributed by atoms with Gasteiger partial charge in [0.25, 0.3) is 0 Å². The van der Waals surface area contributed by atoms with Crippen LogP contribution in [0.3, 0.4) is 0 Å². The van der Waals surface area contributed by atoms with Crippen molar-refractivity contribution in [2.24, 2.45) is 0 Å². The van der Waals surface area contributed by atoms with Crippen molar-refractivity contribution in [1.82, 2.24) is 0 Å². The van der Waals surface area contributed by atoms with Crippen molar-refractivity contribution in [3.05, 3.63) is 199 Å². The van der Waals surface area contributed by atoms with E-state index in [-0.39, 0.29) is 5.41 Å². The summed E-state index contributed by atoms with van der Waals surface area (Å²) in [4.78, 5) is 2.46. The average Bonchev–Trinajstić information content (AvgIpc) is 3.41. The van der Waals surface area contributed by atoms with Gasteiger partial charge in [0.1, 0.15) is 0 Å². The molecule has 0 amide bonds. The van der Waals surface area contributed by atoms with E-state index in [1.807, 2.05) is 0 Å². The molecule has 1 heteroatoms. The van der Waals surface area contributed by atoms with E-state index < -0.39 is 0 Å². The van der Waals surface area contributed by atoms with Gasteiger partial charge in [0.05, 0.1) is 5.69 Å². The maximum absolute atomic E-state index is 2.46. The molecule has 9 rings (SSSR count). The van der Waals surface area contributed by atoms with Crippen LogP contribution in [-0.2, 0) is 5.41 Å². The lowest BCUT2D eigenvalue weighted by Crippen LogP contribution is -2.17. The van der Waals surface area contributed by atoms with Crippen LogP contribution in [0.1, 0.15) is 25.0 Å². The zero-order chi connectivity index (χ0) is 33.7. The number of anilines is 3. The maximum atomic E-state index is 2.46. The third-order valence-corrected chi connectivity index (χ3v) is 10.5. The van der Waals surface area contributed by atoms with Gasteiger partial charge in [-0.3, -0.25) is 0 Å². The van der Waals surface area contributed by atoms with Gasteiger partial charge in [0, 0.05) is 22.4 Å². The van der Waals surface area contributed by atoms with E-state index >= 15 is 0 Å². The molecule has 8 aromatic rings. The number of hydrogen-bond acceptors (Lipinski definition) is 1. The van der Waals surface area contributed by atoms with Crippen LogP contribution in [-0.4, -0.2) is 0 Å². The minimum Gasteiger partial charge on any atom is -0.310 e. The molecule has 0 saturated carbocycles. The molecule has 1 aliphatic carbocycles. The highest BCUT2D eigenvalue weighted by molar-refractivity contribution is 6.05. The molecule has 0 fully saturated rings. The Morgan fingerprint density at radius 3 is 1.84 bits per heavy atom. The molecule has 0 aliphatic heterocycles. The first-order chi connectivity index (χ1) is 24.6. The lowest BCUT2D eigenvalue weighted by molar-refractivity contribution is 0.660. The Hall–Kier alpha value is -6.18. The van der Waals surface area contributed by atoms with Crippen LogP contribution < -0.4 is 4.90 Å². The second-order valence-electron chi connectivity index (χ2n) is 13.7. The number of benzene rings is 8. The number of fused-ring (bicyclic) bond motifs is 4. The average molecular weight is 640 g/mol. The molecule has 0 radical (unpaired) electrons. The SMILES string of the molecule is CC1(C)c2ccccc2-c2ccc(N(c3ccccc3)c3cccc(-c4cccc5ccccc45)c3-c3cccc(-c4ccccc4)c3)cc21. The van der Waals surface area contributed by atoms with Crippen LogP contribution in [0, 0.1) is 0 Å². The number of rotatable bonds is 6. The highest BCUT2D eigenvalue weighted by Gasteiger charge is 2.36. The Balaban J connectivity index is 1.33. The lowest BCUT2D eigenvalue weighted by Gasteiger charge is -2.31. The Labute approximate surface area is 294 Å². The predicted octanol–water partition coefficient (Wildman–Crippen LogP) is 13.6. The van der Waals surface area contributed by atoms with Crippen LogP contribution in [0.25, 0.3) is 55.3 Å². The standard InChI is InChI=1S/C49H37N/c1-49(2)45-28-12-11-25-42(45)43-31-30-39(33-46(43)49)50(38-22-7-4-8-23-38)47-29-15-27-44(41-26-14-19-35-18-9-10-24-40(35)41)48(47)37-21-13-20-36(32-37)34-16-5-3-6-17-34/h3-33H,1-2H3. The van der Waals surface area contributed by atoms with Crippen LogP contribution >= 0.6 is 0 Å². The third kappa shape index (κ3) is 4.94. The normalized spacial score (nSPS) is 12.8. The quantitative estimate of drug-likeness (QED) is 0.175. The van der Waals surface area contributed by atoms with E-state index in [2.05, 4.69) is 207 Å². The molecule has 0 N–H and O–H groups in total. The Morgan fingerprint density at radius 2 is 0.980 bits per heavy atom. The summed E-state index contributed by atoms with van der Waals surface area (Å²) in [5, 5.41) is 2.48. The first-order valence-corrected chi connectivity index (χ1v) is 17.4. The molecule has 0 spiro atoms. The fraction of sp³-hybridized carbons (Fsp3) is 0.0612. The van der Waals surface area contributed by atoms with Gasteiger partial charge in [-0.2, -0.15) is 0 Å². The highest BCUT2D eigenvalue weighted by atomic mass is 15.1. The fourth-order valence-corrected chi connectivity index (χ4v) is 8.04. The molecular formula is C49H37N. The van der Waals surface area contributed by atoms with Gasteiger partial charge < -0.3 is 4.90 Å². The first-order valence-electron chi connectivity index (χ1n) is 17.4. The van der Waals surface area contributed by atoms with Crippen molar-refractivity contribution in [3.63, 3.8) is 0 Å². The van der Waals surface area contributed by atoms with Crippen LogP contribution in [0.2, 0.25) is 0 Å². The van der Waals surface area contributed by atoms with E-state index in [0.29, 0.717) is 0 Å². The summed E-state index contributed by atoms with van der Waals surface area (Å²) >= 11 is 0. The first kappa shape index (κ1) is 29.9. The summed E-state index contributed by atoms with van der Waals surface area (Å²) in [6.07, 6.45) is 0. The Bertz CT molecular complexity index is 2500. The molecular weight excluding hydrogens is 603 g/mol. The van der Waals surface area contributed by atoms with Gasteiger partial charge >= 0.3 is 0 Å². The van der Waals surface area contributed by atoms with Crippen molar-refractivity contribution < 1.29 is 0 Å². The van der Waals surface area contributed by atoms with E-state index in [9.17, 15) is 0 Å². The highest BCUT2D eigenvalue weighted by Crippen LogP contribution is 2.52. The second kappa shape index (κ2) is 12.1. The number of nitrogens with zero attached hydrogens (tertiary/aromatic N) is 1. The van der Waals surface area contributed by atoms with E-state index in [1.165, 1.54) is 66.4 Å². The van der Waals surface area contributed by atoms with E-state index in [0.717, 1.165) is 17.1 Å². The summed E-state index contributed by atoms with van der Waals surface area (Å²) in [5.74, 6) is 0. The molecule has 8 aromatic carbocycles. The maximum Gasteiger partial charge on any atom is 0.0546 e. The molecule has 0 bridgehead atoms. The number of hydrogen-bond donors (Lipinski definition) is 0. The largest absolute Gasteiger partial charge is 0.310 e. The molecule has 0 atom stereocenters. The predicted molar refractivity (Wildman–Crippen MR) is 213 cm³/mol. The van der Waals surface area contributed by atoms with Gasteiger partial charge in [-0.25, -0.2) is 0 Å². The topological polar surface area (TPSA) is 3.24 Å². The van der Waals surface area contributed by atoms with Crippen molar-refractivity contribution in [2.75, 3.05) is 4.90 Å². The molecule has 50 heavy (non-hydrogen) atoms. The summed E-state index contributed by atoms with van der Waals surface area (Å²) in [7, 11) is 0. The van der Waals surface area contributed by atoms with Crippen LogP contribution in [0.5, 0.6) is 0 Å². The van der Waals surface area contributed by atoms with E-state index in [4.69, 9.17) is 0 Å². The lowest BCUT2D eigenvalue weighted by atomic mass is 9.82. The van der Waals surface area contributed by atoms with Gasteiger partial charge in [-0.15, -0.1) is 0 Å². The number of para-hydroxylation sites is 1. The van der Waals surface area contributed by atoms with Crippen LogP contribution in [0.4, 0.5) is 17.1 Å². The van der Waals surface area contributed by atoms with Crippen LogP contribution in [0.15, 0.2) is 188 Å². The van der Waals surface area contributed by atoms with Crippen molar-refractivity contribution >= 4 is 27.8 Å². The summed E-state index contributed by atoms with van der Waals surface area (Å²) in [6, 6.07) is 68.7. The second-order valence-corrected chi connectivity index (χ2v) is 13.7. The monoisotopic (exact) mass is 639 g/mol. The molecule has 0 aromatic heterocycles. The molecule has 0 saturated heterocycles. The summed E-state index contributed by atoms with van der Waals surface area (Å²) in [6.45, 7) is 4.71. The van der Waals surface area contributed by atoms with Gasteiger partial charge in [-0.1, -0.05) is 166 Å². The zero-order valence-corrected chi connectivity index (χ0v) is 28.3. The summed E-state index contributed by atoms with van der Waals surface area (Å²) < 4.78 is 0.